The van der Waals surface area contributed by atoms with E-state index in [0.717, 1.165) is 11.1 Å². The van der Waals surface area contributed by atoms with Crippen LogP contribution in [-0.2, 0) is 23.7 Å². The first-order valence-electron chi connectivity index (χ1n) is 14.3. The Balaban J connectivity index is 2.17. The van der Waals surface area contributed by atoms with E-state index in [1.807, 2.05) is 62.4 Å². The topological polar surface area (TPSA) is 142 Å². The number of nitrogens with one attached hydrogen (secondary N) is 1. The molecule has 0 radical (unpaired) electrons. The van der Waals surface area contributed by atoms with Crippen molar-refractivity contribution < 1.29 is 48.2 Å². The van der Waals surface area contributed by atoms with Gasteiger partial charge in [-0.05, 0) is 76.9 Å². The lowest BCUT2D eigenvalue weighted by Crippen LogP contribution is -2.45. The maximum atomic E-state index is 12.1. The van der Waals surface area contributed by atoms with Crippen LogP contribution in [0.25, 0.3) is 0 Å². The van der Waals surface area contributed by atoms with Gasteiger partial charge in [-0.1, -0.05) is 24.3 Å². The molecule has 240 valence electrons. The van der Waals surface area contributed by atoms with Gasteiger partial charge in [0.25, 0.3) is 0 Å². The Morgan fingerprint density at radius 2 is 1.33 bits per heavy atom. The number of hydrogen-bond acceptors (Lipinski definition) is 9. The maximum absolute atomic E-state index is 12.1. The van der Waals surface area contributed by atoms with Crippen LogP contribution >= 0.6 is 0 Å². The summed E-state index contributed by atoms with van der Waals surface area (Å²) in [7, 11) is 3.19. The summed E-state index contributed by atoms with van der Waals surface area (Å²) in [5.74, 6) is 0.211. The van der Waals surface area contributed by atoms with Crippen molar-refractivity contribution in [3.8, 4) is 11.5 Å². The largest absolute Gasteiger partial charge is 0.497 e. The van der Waals surface area contributed by atoms with E-state index in [1.165, 1.54) is 0 Å². The summed E-state index contributed by atoms with van der Waals surface area (Å²) in [6.07, 6.45) is -4.11. The standard InChI is InChI=1S/C32H47NO10/c1-20(34)29(42-22(3)24-11-15-26(39-8)16-12-24)28(41-21(2)23-9-13-25(38-7)14-10-23)19-40-18-17-27(30(35)36)33-31(37)43-32(4,5)6/h9-16,20-22,27-29,34H,17-19H2,1-8H3,(H,33,37)(H,35,36)/t20-,21?,22?,27-,28-,29-/m0/s1. The SMILES string of the molecule is COc1ccc(C(C)O[C@@H]([C@H](C)O)[C@H](COCC[C@H](NC(=O)OC(C)(C)C)C(=O)O)OC(C)c2ccc(OC)cc2)cc1. The molecule has 0 saturated carbocycles. The van der Waals surface area contributed by atoms with Gasteiger partial charge in [-0.25, -0.2) is 9.59 Å². The summed E-state index contributed by atoms with van der Waals surface area (Å²) < 4.78 is 34.3. The summed E-state index contributed by atoms with van der Waals surface area (Å²) >= 11 is 0. The molecule has 2 aromatic rings. The Bertz CT molecular complexity index is 1110. The fraction of sp³-hybridized carbons (Fsp3) is 0.562. The molecule has 43 heavy (non-hydrogen) atoms. The Morgan fingerprint density at radius 3 is 1.74 bits per heavy atom. The Kier molecular flexibility index (Phi) is 14.2. The molecule has 0 heterocycles. The minimum Gasteiger partial charge on any atom is -0.497 e. The summed E-state index contributed by atoms with van der Waals surface area (Å²) in [6.45, 7) is 10.4. The number of ether oxygens (including phenoxy) is 6. The van der Waals surface area contributed by atoms with E-state index in [4.69, 9.17) is 28.4 Å². The number of methoxy groups -OCH3 is 2. The van der Waals surface area contributed by atoms with Gasteiger partial charge in [0.2, 0.25) is 0 Å². The molecule has 0 bridgehead atoms. The van der Waals surface area contributed by atoms with Crippen molar-refractivity contribution in [1.29, 1.82) is 0 Å². The molecule has 0 aromatic heterocycles. The molecule has 0 saturated heterocycles. The number of carbonyl (C=O) groups is 2. The van der Waals surface area contributed by atoms with Crippen molar-refractivity contribution in [1.82, 2.24) is 5.32 Å². The van der Waals surface area contributed by atoms with Gasteiger partial charge in [0.05, 0.1) is 39.1 Å². The van der Waals surface area contributed by atoms with Crippen LogP contribution in [0.15, 0.2) is 48.5 Å². The van der Waals surface area contributed by atoms with Gasteiger partial charge in [0, 0.05) is 13.0 Å². The molecule has 6 atom stereocenters. The zero-order chi connectivity index (χ0) is 32.2. The molecule has 2 rings (SSSR count). The van der Waals surface area contributed by atoms with E-state index in [-0.39, 0.29) is 19.6 Å². The van der Waals surface area contributed by atoms with Gasteiger partial charge in [0.15, 0.2) is 0 Å². The third-order valence-electron chi connectivity index (χ3n) is 6.57. The average Bonchev–Trinajstić information content (AvgIpc) is 2.95. The number of aliphatic carboxylic acids is 1. The number of aliphatic hydroxyl groups excluding tert-OH is 1. The van der Waals surface area contributed by atoms with Crippen molar-refractivity contribution in [2.45, 2.75) is 90.1 Å². The van der Waals surface area contributed by atoms with E-state index in [0.29, 0.717) is 11.5 Å². The van der Waals surface area contributed by atoms with Crippen molar-refractivity contribution in [2.75, 3.05) is 27.4 Å². The number of aliphatic hydroxyl groups is 1. The second-order valence-corrected chi connectivity index (χ2v) is 11.2. The average molecular weight is 606 g/mol. The Labute approximate surface area is 254 Å². The predicted octanol–water partition coefficient (Wildman–Crippen LogP) is 5.06. The van der Waals surface area contributed by atoms with Crippen LogP contribution < -0.4 is 14.8 Å². The molecular weight excluding hydrogens is 558 g/mol. The summed E-state index contributed by atoms with van der Waals surface area (Å²) in [5, 5.41) is 22.7. The highest BCUT2D eigenvalue weighted by Gasteiger charge is 2.32. The fourth-order valence-corrected chi connectivity index (χ4v) is 4.24. The maximum Gasteiger partial charge on any atom is 0.408 e. The van der Waals surface area contributed by atoms with Gasteiger partial charge in [-0.15, -0.1) is 0 Å². The molecule has 11 heteroatoms. The van der Waals surface area contributed by atoms with Crippen molar-refractivity contribution in [3.63, 3.8) is 0 Å². The predicted molar refractivity (Wildman–Crippen MR) is 160 cm³/mol. The first-order valence-corrected chi connectivity index (χ1v) is 14.3. The number of hydrogen-bond donors (Lipinski definition) is 3. The number of rotatable bonds is 17. The van der Waals surface area contributed by atoms with Crippen LogP contribution in [0, 0.1) is 0 Å². The van der Waals surface area contributed by atoms with Gasteiger partial charge in [-0.3, -0.25) is 0 Å². The number of carboxylic acids is 1. The third-order valence-corrected chi connectivity index (χ3v) is 6.57. The molecule has 0 aliphatic rings. The normalized spacial score (nSPS) is 15.8. The molecule has 3 N–H and O–H groups in total. The van der Waals surface area contributed by atoms with Gasteiger partial charge >= 0.3 is 12.1 Å². The van der Waals surface area contributed by atoms with Crippen LogP contribution in [0.5, 0.6) is 11.5 Å². The number of alkyl carbamates (subject to hydrolysis) is 1. The molecule has 0 fully saturated rings. The zero-order valence-corrected chi connectivity index (χ0v) is 26.4. The van der Waals surface area contributed by atoms with Crippen LogP contribution in [-0.4, -0.2) is 79.7 Å². The van der Waals surface area contributed by atoms with E-state index in [1.54, 1.807) is 41.9 Å². The molecule has 2 aromatic carbocycles. The molecule has 0 aliphatic heterocycles. The third kappa shape index (κ3) is 12.4. The van der Waals surface area contributed by atoms with Gasteiger partial charge in [-0.2, -0.15) is 0 Å². The number of benzene rings is 2. The van der Waals surface area contributed by atoms with Gasteiger partial charge in [0.1, 0.15) is 35.3 Å². The highest BCUT2D eigenvalue weighted by molar-refractivity contribution is 5.79. The minimum atomic E-state index is -1.22. The highest BCUT2D eigenvalue weighted by Crippen LogP contribution is 2.28. The minimum absolute atomic E-state index is 0.00975. The monoisotopic (exact) mass is 605 g/mol. The van der Waals surface area contributed by atoms with Crippen molar-refractivity contribution >= 4 is 12.1 Å². The van der Waals surface area contributed by atoms with E-state index in [9.17, 15) is 19.8 Å². The summed E-state index contributed by atoms with van der Waals surface area (Å²) in [4.78, 5) is 23.9. The zero-order valence-electron chi connectivity index (χ0n) is 26.4. The number of carboxylic acid groups (broad SMARTS) is 1. The first-order chi connectivity index (χ1) is 20.2. The molecule has 11 nitrogen and oxygen atoms in total. The van der Waals surface area contributed by atoms with Crippen LogP contribution in [0.3, 0.4) is 0 Å². The van der Waals surface area contributed by atoms with Crippen LogP contribution in [0.4, 0.5) is 4.79 Å². The van der Waals surface area contributed by atoms with Gasteiger partial charge < -0.3 is 44.0 Å². The smallest absolute Gasteiger partial charge is 0.408 e. The Morgan fingerprint density at radius 1 is 0.837 bits per heavy atom. The van der Waals surface area contributed by atoms with Crippen LogP contribution in [0.1, 0.15) is 71.3 Å². The Hall–Kier alpha value is -3.38. The molecule has 1 amide bonds. The summed E-state index contributed by atoms with van der Waals surface area (Å²) in [5.41, 5.74) is 0.992. The molecule has 0 aliphatic carbocycles. The fourth-order valence-electron chi connectivity index (χ4n) is 4.24. The lowest BCUT2D eigenvalue weighted by Gasteiger charge is -2.34. The highest BCUT2D eigenvalue weighted by atomic mass is 16.6. The second-order valence-electron chi connectivity index (χ2n) is 11.2. The van der Waals surface area contributed by atoms with Crippen molar-refractivity contribution in [2.24, 2.45) is 0 Å². The number of carbonyl (C=O) groups excluding carboxylic acids is 1. The van der Waals surface area contributed by atoms with E-state index >= 15 is 0 Å². The lowest BCUT2D eigenvalue weighted by atomic mass is 10.1. The summed E-state index contributed by atoms with van der Waals surface area (Å²) in [6, 6.07) is 13.7. The lowest BCUT2D eigenvalue weighted by molar-refractivity contribution is -0.172. The second kappa shape index (κ2) is 17.0. The number of amides is 1. The first kappa shape index (κ1) is 35.8. The quantitative estimate of drug-likeness (QED) is 0.209. The van der Waals surface area contributed by atoms with E-state index < -0.39 is 54.2 Å². The molecular formula is C32H47NO10. The van der Waals surface area contributed by atoms with Crippen molar-refractivity contribution in [3.05, 3.63) is 59.7 Å². The molecule has 2 unspecified atom stereocenters. The van der Waals surface area contributed by atoms with E-state index in [2.05, 4.69) is 5.32 Å². The molecule has 0 spiro atoms. The van der Waals surface area contributed by atoms with Crippen LogP contribution in [0.2, 0.25) is 0 Å².